The van der Waals surface area contributed by atoms with Crippen LogP contribution in [0.5, 0.6) is 0 Å². The van der Waals surface area contributed by atoms with Crippen LogP contribution in [0.15, 0.2) is 42.5 Å². The highest BCUT2D eigenvalue weighted by Crippen LogP contribution is 2.29. The van der Waals surface area contributed by atoms with Gasteiger partial charge in [-0.25, -0.2) is 15.0 Å². The average Bonchev–Trinajstić information content (AvgIpc) is 2.71. The van der Waals surface area contributed by atoms with Crippen molar-refractivity contribution in [1.82, 2.24) is 19.9 Å². The molecule has 0 saturated carbocycles. The van der Waals surface area contributed by atoms with Crippen LogP contribution in [0.3, 0.4) is 0 Å². The van der Waals surface area contributed by atoms with Crippen molar-refractivity contribution < 1.29 is 9.13 Å². The number of halogens is 1. The molecular formula is C19H21FN6O. The molecule has 0 atom stereocenters. The van der Waals surface area contributed by atoms with Gasteiger partial charge in [0.1, 0.15) is 5.82 Å². The second-order valence-corrected chi connectivity index (χ2v) is 6.50. The summed E-state index contributed by atoms with van der Waals surface area (Å²) in [6.45, 7) is 3.16. The van der Waals surface area contributed by atoms with Crippen molar-refractivity contribution >= 4 is 17.3 Å². The number of likely N-dealkylation sites (N-methyl/N-ethyl adjacent to an activating group) is 1. The van der Waals surface area contributed by atoms with Crippen molar-refractivity contribution in [2.75, 3.05) is 50.5 Å². The van der Waals surface area contributed by atoms with Gasteiger partial charge in [0.2, 0.25) is 5.95 Å². The summed E-state index contributed by atoms with van der Waals surface area (Å²) in [5, 5.41) is 0. The Hall–Kier alpha value is -3.00. The van der Waals surface area contributed by atoms with Gasteiger partial charge in [-0.2, -0.15) is 4.39 Å². The van der Waals surface area contributed by atoms with Crippen molar-refractivity contribution in [2.24, 2.45) is 0 Å². The minimum Gasteiger partial charge on any atom is -0.384 e. The largest absolute Gasteiger partial charge is 0.384 e. The summed E-state index contributed by atoms with van der Waals surface area (Å²) in [5.41, 5.74) is 8.16. The Bertz CT molecular complexity index is 890. The molecular weight excluding hydrogens is 347 g/mol. The first-order chi connectivity index (χ1) is 13.1. The maximum Gasteiger partial charge on any atom is 0.226 e. The highest BCUT2D eigenvalue weighted by atomic mass is 19.1. The van der Waals surface area contributed by atoms with E-state index in [2.05, 4.69) is 14.9 Å². The molecule has 0 amide bonds. The number of nitrogens with zero attached hydrogens (tertiary/aromatic N) is 5. The first-order valence-corrected chi connectivity index (χ1v) is 8.83. The minimum absolute atomic E-state index is 0.300. The fourth-order valence-electron chi connectivity index (χ4n) is 3.06. The van der Waals surface area contributed by atoms with Crippen LogP contribution >= 0.6 is 0 Å². The molecule has 1 fully saturated rings. The smallest absolute Gasteiger partial charge is 0.226 e. The van der Waals surface area contributed by atoms with E-state index in [-0.39, 0.29) is 5.95 Å². The van der Waals surface area contributed by atoms with Gasteiger partial charge < -0.3 is 20.3 Å². The number of nitrogens with two attached hydrogens (primary N) is 1. The number of nitrogen functional groups attached to an aromatic ring is 1. The molecule has 2 aromatic rings. The molecule has 7 nitrogen and oxygen atoms in total. The summed E-state index contributed by atoms with van der Waals surface area (Å²) >= 11 is 0. The van der Waals surface area contributed by atoms with Crippen molar-refractivity contribution in [3.05, 3.63) is 48.2 Å². The Labute approximate surface area is 157 Å². The van der Waals surface area contributed by atoms with E-state index in [1.54, 1.807) is 36.4 Å². The van der Waals surface area contributed by atoms with E-state index in [9.17, 15) is 4.39 Å². The molecule has 2 aliphatic heterocycles. The number of anilines is 2. The lowest BCUT2D eigenvalue weighted by Crippen LogP contribution is -2.37. The van der Waals surface area contributed by atoms with Crippen LogP contribution in [0.4, 0.5) is 16.2 Å². The van der Waals surface area contributed by atoms with Gasteiger partial charge in [0.05, 0.1) is 30.2 Å². The minimum atomic E-state index is -0.300. The van der Waals surface area contributed by atoms with Gasteiger partial charge >= 0.3 is 0 Å². The molecule has 1 saturated heterocycles. The molecule has 0 bridgehead atoms. The molecule has 2 N–H and O–H groups in total. The van der Waals surface area contributed by atoms with E-state index >= 15 is 0 Å². The van der Waals surface area contributed by atoms with Crippen molar-refractivity contribution in [1.29, 1.82) is 0 Å². The monoisotopic (exact) mass is 368 g/mol. The number of ether oxygens (including phenoxy) is 1. The first-order valence-electron chi connectivity index (χ1n) is 8.83. The van der Waals surface area contributed by atoms with Crippen LogP contribution < -0.4 is 10.6 Å². The second-order valence-electron chi connectivity index (χ2n) is 6.50. The van der Waals surface area contributed by atoms with Crippen molar-refractivity contribution in [2.45, 2.75) is 0 Å². The summed E-state index contributed by atoms with van der Waals surface area (Å²) in [7, 11) is 1.72. The summed E-state index contributed by atoms with van der Waals surface area (Å²) in [4.78, 5) is 17.1. The normalized spacial score (nSPS) is 17.6. The Kier molecular flexibility index (Phi) is 4.72. The predicted molar refractivity (Wildman–Crippen MR) is 103 cm³/mol. The van der Waals surface area contributed by atoms with Gasteiger partial charge in [-0.3, -0.25) is 0 Å². The molecule has 2 aliphatic rings. The maximum absolute atomic E-state index is 14.7. The fraction of sp³-hybridized carbons (Fsp3) is 0.316. The molecule has 0 aliphatic carbocycles. The second kappa shape index (κ2) is 7.32. The third-order valence-corrected chi connectivity index (χ3v) is 4.59. The first kappa shape index (κ1) is 17.4. The van der Waals surface area contributed by atoms with Crippen molar-refractivity contribution in [3.63, 3.8) is 0 Å². The Morgan fingerprint density at radius 3 is 2.67 bits per heavy atom. The lowest BCUT2D eigenvalue weighted by Gasteiger charge is -2.28. The highest BCUT2D eigenvalue weighted by Gasteiger charge is 2.21. The van der Waals surface area contributed by atoms with E-state index < -0.39 is 0 Å². The quantitative estimate of drug-likeness (QED) is 0.831. The summed E-state index contributed by atoms with van der Waals surface area (Å²) < 4.78 is 20.1. The number of aromatic nitrogens is 3. The number of hydrogen-bond donors (Lipinski definition) is 1. The fourth-order valence-corrected chi connectivity index (χ4v) is 3.06. The zero-order chi connectivity index (χ0) is 18.8. The predicted octanol–water partition coefficient (Wildman–Crippen LogP) is 2.10. The Balaban J connectivity index is 1.82. The van der Waals surface area contributed by atoms with Gasteiger partial charge in [0, 0.05) is 38.4 Å². The van der Waals surface area contributed by atoms with Crippen LogP contribution in [0.1, 0.15) is 5.69 Å². The van der Waals surface area contributed by atoms with Gasteiger partial charge in [-0.05, 0) is 18.2 Å². The zero-order valence-corrected chi connectivity index (χ0v) is 15.1. The Morgan fingerprint density at radius 2 is 1.93 bits per heavy atom. The molecule has 2 aromatic heterocycles. The van der Waals surface area contributed by atoms with Crippen LogP contribution in [0.25, 0.3) is 16.8 Å². The molecule has 0 spiro atoms. The number of pyridine rings is 1. The van der Waals surface area contributed by atoms with Crippen LogP contribution in [-0.4, -0.2) is 59.7 Å². The summed E-state index contributed by atoms with van der Waals surface area (Å²) in [6, 6.07) is 5.36. The number of rotatable bonds is 3. The molecule has 4 rings (SSSR count). The van der Waals surface area contributed by atoms with Crippen LogP contribution in [0.2, 0.25) is 0 Å². The lowest BCUT2D eigenvalue weighted by atomic mass is 10.1. The third kappa shape index (κ3) is 3.61. The van der Waals surface area contributed by atoms with Crippen molar-refractivity contribution in [3.8, 4) is 11.3 Å². The van der Waals surface area contributed by atoms with Gasteiger partial charge in [-0.1, -0.05) is 12.2 Å². The molecule has 4 heterocycles. The Morgan fingerprint density at radius 1 is 1.15 bits per heavy atom. The highest BCUT2D eigenvalue weighted by molar-refractivity contribution is 5.77. The molecule has 27 heavy (non-hydrogen) atoms. The van der Waals surface area contributed by atoms with E-state index in [0.717, 1.165) is 5.56 Å². The molecule has 8 heteroatoms. The number of allylic oxidation sites excluding steroid dienone is 2. The molecule has 0 aromatic carbocycles. The molecule has 0 radical (unpaired) electrons. The van der Waals surface area contributed by atoms with E-state index in [1.807, 2.05) is 12.1 Å². The summed E-state index contributed by atoms with van der Waals surface area (Å²) in [6.07, 6.45) is 5.35. The van der Waals surface area contributed by atoms with Gasteiger partial charge in [0.25, 0.3) is 0 Å². The van der Waals surface area contributed by atoms with E-state index in [0.29, 0.717) is 61.6 Å². The maximum atomic E-state index is 14.7. The number of hydrogen-bond acceptors (Lipinski definition) is 7. The lowest BCUT2D eigenvalue weighted by molar-refractivity contribution is 0.122. The zero-order valence-electron chi connectivity index (χ0n) is 15.1. The standard InChI is InChI=1S/C19H21FN6O/c1-25-6-2-3-14(18(25)20)16-11-15(13-4-5-17(21)22-12-13)23-19(24-16)26-7-9-27-10-8-26/h2-5,11-12H,6-10H2,1H3,(H2,21,22). The topological polar surface area (TPSA) is 80.4 Å². The molecule has 140 valence electrons. The molecule has 0 unspecified atom stereocenters. The van der Waals surface area contributed by atoms with E-state index in [1.165, 1.54) is 0 Å². The number of morpholine rings is 1. The van der Waals surface area contributed by atoms with Gasteiger partial charge in [-0.15, -0.1) is 0 Å². The van der Waals surface area contributed by atoms with E-state index in [4.69, 9.17) is 15.5 Å². The average molecular weight is 368 g/mol. The summed E-state index contributed by atoms with van der Waals surface area (Å²) in [5.74, 6) is 0.696. The van der Waals surface area contributed by atoms with Gasteiger partial charge in [0.15, 0.2) is 5.95 Å². The van der Waals surface area contributed by atoms with Crippen LogP contribution in [0, 0.1) is 0 Å². The SMILES string of the molecule is CN1CC=CC(c2cc(-c3ccc(N)nc3)nc(N3CCOCC3)n2)=C1F. The van der Waals surface area contributed by atoms with Crippen LogP contribution in [-0.2, 0) is 4.74 Å². The third-order valence-electron chi connectivity index (χ3n) is 4.59.